The van der Waals surface area contributed by atoms with Crippen LogP contribution in [0.1, 0.15) is 12.5 Å². The topological polar surface area (TPSA) is 116 Å². The number of nitrogens with zero attached hydrogens (tertiary/aromatic N) is 4. The van der Waals surface area contributed by atoms with E-state index in [1.54, 1.807) is 6.07 Å². The molecule has 33 heavy (non-hydrogen) atoms. The van der Waals surface area contributed by atoms with Crippen molar-refractivity contribution in [2.45, 2.75) is 13.3 Å². The summed E-state index contributed by atoms with van der Waals surface area (Å²) in [5, 5.41) is 13.4. The SMILES string of the molecule is CCNc1cc(F)cc2c1[nH]c1ncc(-c3cncc(C#N)c3)c(N=CC=C(N)C(F)F)c12. The van der Waals surface area contributed by atoms with E-state index in [2.05, 4.69) is 25.3 Å². The molecule has 0 aliphatic heterocycles. The summed E-state index contributed by atoms with van der Waals surface area (Å²) in [7, 11) is 0. The molecule has 0 amide bonds. The summed E-state index contributed by atoms with van der Waals surface area (Å²) in [5.41, 5.74) is 7.99. The van der Waals surface area contributed by atoms with Crippen molar-refractivity contribution >= 4 is 39.5 Å². The molecule has 1 aromatic carbocycles. The number of benzene rings is 1. The van der Waals surface area contributed by atoms with E-state index in [1.807, 2.05) is 13.0 Å². The van der Waals surface area contributed by atoms with E-state index < -0.39 is 17.9 Å². The largest absolute Gasteiger partial charge is 0.397 e. The molecule has 0 bridgehead atoms. The monoisotopic (exact) mass is 449 g/mol. The van der Waals surface area contributed by atoms with Crippen LogP contribution in [0.5, 0.6) is 0 Å². The zero-order valence-corrected chi connectivity index (χ0v) is 17.4. The van der Waals surface area contributed by atoms with Gasteiger partial charge in [0.05, 0.1) is 33.5 Å². The van der Waals surface area contributed by atoms with Crippen LogP contribution in [-0.2, 0) is 0 Å². The summed E-state index contributed by atoms with van der Waals surface area (Å²) in [6.07, 6.45) is 3.82. The number of H-pyrrole nitrogens is 1. The third kappa shape index (κ3) is 4.21. The van der Waals surface area contributed by atoms with Gasteiger partial charge in [-0.15, -0.1) is 0 Å². The number of hydrogen-bond donors (Lipinski definition) is 3. The Labute approximate surface area is 186 Å². The molecule has 0 saturated heterocycles. The van der Waals surface area contributed by atoms with Crippen LogP contribution >= 0.6 is 0 Å². The van der Waals surface area contributed by atoms with E-state index in [4.69, 9.17) is 5.73 Å². The minimum atomic E-state index is -2.82. The fourth-order valence-electron chi connectivity index (χ4n) is 3.50. The van der Waals surface area contributed by atoms with E-state index in [0.29, 0.717) is 56.5 Å². The van der Waals surface area contributed by atoms with Gasteiger partial charge in [-0.2, -0.15) is 5.26 Å². The maximum Gasteiger partial charge on any atom is 0.277 e. The van der Waals surface area contributed by atoms with Crippen molar-refractivity contribution in [2.75, 3.05) is 11.9 Å². The highest BCUT2D eigenvalue weighted by atomic mass is 19.3. The number of fused-ring (bicyclic) bond motifs is 3. The molecule has 4 rings (SSSR count). The molecule has 0 atom stereocenters. The number of allylic oxidation sites excluding steroid dienone is 2. The lowest BCUT2D eigenvalue weighted by atomic mass is 10.0. The second kappa shape index (κ2) is 9.00. The highest BCUT2D eigenvalue weighted by Crippen LogP contribution is 2.41. The van der Waals surface area contributed by atoms with E-state index >= 15 is 0 Å². The highest BCUT2D eigenvalue weighted by Gasteiger charge is 2.18. The average molecular weight is 449 g/mol. The quantitative estimate of drug-likeness (QED) is 0.357. The van der Waals surface area contributed by atoms with Crippen LogP contribution < -0.4 is 11.1 Å². The lowest BCUT2D eigenvalue weighted by molar-refractivity contribution is 0.188. The summed E-state index contributed by atoms with van der Waals surface area (Å²) < 4.78 is 40.1. The molecule has 166 valence electrons. The predicted molar refractivity (Wildman–Crippen MR) is 122 cm³/mol. The van der Waals surface area contributed by atoms with Gasteiger partial charge in [0.2, 0.25) is 0 Å². The highest BCUT2D eigenvalue weighted by molar-refractivity contribution is 6.17. The van der Waals surface area contributed by atoms with Crippen molar-refractivity contribution in [3.05, 3.63) is 59.9 Å². The molecule has 0 fully saturated rings. The lowest BCUT2D eigenvalue weighted by Crippen LogP contribution is -2.07. The Bertz CT molecular complexity index is 1450. The van der Waals surface area contributed by atoms with Crippen LogP contribution in [0.2, 0.25) is 0 Å². The zero-order chi connectivity index (χ0) is 23.5. The molecule has 3 heterocycles. The summed E-state index contributed by atoms with van der Waals surface area (Å²) in [6, 6.07) is 6.36. The van der Waals surface area contributed by atoms with E-state index in [9.17, 15) is 18.4 Å². The molecule has 0 spiro atoms. The van der Waals surface area contributed by atoms with Crippen LogP contribution in [-0.4, -0.2) is 34.1 Å². The number of aliphatic imine (C=N–C) groups is 1. The van der Waals surface area contributed by atoms with Crippen molar-refractivity contribution in [3.8, 4) is 17.2 Å². The zero-order valence-electron chi connectivity index (χ0n) is 17.4. The Kier molecular flexibility index (Phi) is 5.95. The number of nitriles is 1. The van der Waals surface area contributed by atoms with Gasteiger partial charge in [-0.05, 0) is 31.2 Å². The molecule has 3 aromatic heterocycles. The van der Waals surface area contributed by atoms with Crippen molar-refractivity contribution in [1.82, 2.24) is 15.0 Å². The van der Waals surface area contributed by atoms with E-state index in [-0.39, 0.29) is 0 Å². The molecular weight excluding hydrogens is 431 g/mol. The van der Waals surface area contributed by atoms with Gasteiger partial charge in [-0.25, -0.2) is 18.2 Å². The van der Waals surface area contributed by atoms with Gasteiger partial charge in [0, 0.05) is 47.9 Å². The first-order valence-electron chi connectivity index (χ1n) is 9.94. The van der Waals surface area contributed by atoms with Crippen molar-refractivity contribution < 1.29 is 13.2 Å². The number of hydrogen-bond acceptors (Lipinski definition) is 6. The first-order chi connectivity index (χ1) is 15.9. The Balaban J connectivity index is 2.05. The molecule has 0 unspecified atom stereocenters. The fraction of sp³-hybridized carbons (Fsp3) is 0.130. The summed E-state index contributed by atoms with van der Waals surface area (Å²) in [6.45, 7) is 2.46. The van der Waals surface area contributed by atoms with Gasteiger partial charge in [0.15, 0.2) is 0 Å². The van der Waals surface area contributed by atoms with Crippen LogP contribution in [0.3, 0.4) is 0 Å². The molecule has 0 radical (unpaired) electrons. The van der Waals surface area contributed by atoms with Gasteiger partial charge >= 0.3 is 0 Å². The Morgan fingerprint density at radius 2 is 2.12 bits per heavy atom. The predicted octanol–water partition coefficient (Wildman–Crippen LogP) is 5.03. The lowest BCUT2D eigenvalue weighted by Gasteiger charge is -2.08. The van der Waals surface area contributed by atoms with Crippen molar-refractivity contribution in [2.24, 2.45) is 10.7 Å². The number of halogens is 3. The van der Waals surface area contributed by atoms with Crippen LogP contribution in [0, 0.1) is 17.1 Å². The van der Waals surface area contributed by atoms with E-state index in [1.165, 1.54) is 30.7 Å². The minimum Gasteiger partial charge on any atom is -0.397 e. The number of rotatable bonds is 6. The molecule has 0 aliphatic carbocycles. The Morgan fingerprint density at radius 3 is 2.85 bits per heavy atom. The summed E-state index contributed by atoms with van der Waals surface area (Å²) >= 11 is 0. The normalized spacial score (nSPS) is 12.2. The van der Waals surface area contributed by atoms with Crippen LogP contribution in [0.15, 0.2) is 53.6 Å². The average Bonchev–Trinajstić information content (AvgIpc) is 3.18. The minimum absolute atomic E-state index is 0.323. The molecule has 4 N–H and O–H groups in total. The summed E-state index contributed by atoms with van der Waals surface area (Å²) in [5.74, 6) is -0.463. The number of nitrogens with one attached hydrogen (secondary N) is 2. The summed E-state index contributed by atoms with van der Waals surface area (Å²) in [4.78, 5) is 16.1. The standard InChI is InChI=1S/C23H18F3N7/c1-2-30-18-7-14(24)6-15-19-21(31-4-3-17(28)22(25)26)16(11-32-23(19)33-20(15)18)13-5-12(8-27)9-29-10-13/h3-7,9-11,22,30H,2,28H2,1H3,(H,32,33). The molecular formula is C23H18F3N7. The molecule has 0 aliphatic rings. The van der Waals surface area contributed by atoms with Crippen LogP contribution in [0.25, 0.3) is 33.1 Å². The smallest absolute Gasteiger partial charge is 0.277 e. The fourth-order valence-corrected chi connectivity index (χ4v) is 3.50. The third-order valence-electron chi connectivity index (χ3n) is 4.94. The molecule has 0 saturated carbocycles. The second-order valence-corrected chi connectivity index (χ2v) is 7.09. The van der Waals surface area contributed by atoms with Gasteiger partial charge in [0.1, 0.15) is 17.5 Å². The second-order valence-electron chi connectivity index (χ2n) is 7.09. The van der Waals surface area contributed by atoms with Gasteiger partial charge in [-0.3, -0.25) is 9.98 Å². The third-order valence-corrected chi connectivity index (χ3v) is 4.94. The van der Waals surface area contributed by atoms with Crippen molar-refractivity contribution in [1.29, 1.82) is 5.26 Å². The maximum atomic E-state index is 14.5. The van der Waals surface area contributed by atoms with Crippen molar-refractivity contribution in [3.63, 3.8) is 0 Å². The van der Waals surface area contributed by atoms with E-state index in [0.717, 1.165) is 12.3 Å². The number of nitrogens with two attached hydrogens (primary N) is 1. The molecule has 10 heteroatoms. The Morgan fingerprint density at radius 1 is 1.30 bits per heavy atom. The molecule has 4 aromatic rings. The number of aromatic nitrogens is 3. The first kappa shape index (κ1) is 21.8. The van der Waals surface area contributed by atoms with Gasteiger partial charge < -0.3 is 16.0 Å². The number of aromatic amines is 1. The number of alkyl halides is 2. The maximum absolute atomic E-state index is 14.5. The van der Waals surface area contributed by atoms with Gasteiger partial charge in [-0.1, -0.05) is 0 Å². The van der Waals surface area contributed by atoms with Crippen LogP contribution in [0.4, 0.5) is 24.5 Å². The van der Waals surface area contributed by atoms with Gasteiger partial charge in [0.25, 0.3) is 6.43 Å². The first-order valence-corrected chi connectivity index (χ1v) is 9.94. The number of anilines is 1. The number of pyridine rings is 2. The molecule has 7 nitrogen and oxygen atoms in total. The Hall–Kier alpha value is -4.39.